The highest BCUT2D eigenvalue weighted by Crippen LogP contribution is 2.33. The van der Waals surface area contributed by atoms with E-state index in [0.29, 0.717) is 23.4 Å². The molecule has 19 heavy (non-hydrogen) atoms. The number of anilines is 1. The summed E-state index contributed by atoms with van der Waals surface area (Å²) >= 11 is 0. The summed E-state index contributed by atoms with van der Waals surface area (Å²) in [4.78, 5) is 11.4. The minimum atomic E-state index is -0.823. The molecule has 106 valence electrons. The number of unbranched alkanes of at least 4 members (excludes halogenated alkanes) is 3. The third kappa shape index (κ3) is 4.16. The number of methoxy groups -OCH3 is 1. The first-order chi connectivity index (χ1) is 9.11. The number of carboxylic acid groups (broad SMARTS) is 1. The van der Waals surface area contributed by atoms with Crippen LogP contribution in [0.3, 0.4) is 0 Å². The fourth-order valence-corrected chi connectivity index (χ4v) is 2.23. The number of nitrogens with two attached hydrogens (primary N) is 1. The Morgan fingerprint density at radius 3 is 2.68 bits per heavy atom. The van der Waals surface area contributed by atoms with Gasteiger partial charge < -0.3 is 15.6 Å². The van der Waals surface area contributed by atoms with Gasteiger partial charge in [0, 0.05) is 0 Å². The van der Waals surface area contributed by atoms with E-state index in [0.717, 1.165) is 25.7 Å². The van der Waals surface area contributed by atoms with Crippen molar-refractivity contribution in [3.05, 3.63) is 23.8 Å². The zero-order chi connectivity index (χ0) is 14.3. The van der Waals surface area contributed by atoms with Gasteiger partial charge in [-0.2, -0.15) is 0 Å². The monoisotopic (exact) mass is 265 g/mol. The molecule has 0 spiro atoms. The van der Waals surface area contributed by atoms with Crippen LogP contribution in [0, 0.1) is 0 Å². The van der Waals surface area contributed by atoms with Crippen LogP contribution in [0.25, 0.3) is 0 Å². The maximum atomic E-state index is 11.4. The molecule has 0 amide bonds. The predicted molar refractivity (Wildman–Crippen MR) is 76.5 cm³/mol. The number of hydrogen-bond donors (Lipinski definition) is 2. The molecule has 1 aromatic carbocycles. The Morgan fingerprint density at radius 2 is 2.11 bits per heavy atom. The van der Waals surface area contributed by atoms with Crippen LogP contribution in [-0.2, 0) is 4.79 Å². The third-order valence-electron chi connectivity index (χ3n) is 3.34. The van der Waals surface area contributed by atoms with Gasteiger partial charge in [0.15, 0.2) is 0 Å². The Balaban J connectivity index is 2.84. The summed E-state index contributed by atoms with van der Waals surface area (Å²) in [7, 11) is 1.53. The molecule has 1 atom stereocenters. The van der Waals surface area contributed by atoms with Gasteiger partial charge in [0.05, 0.1) is 18.7 Å². The van der Waals surface area contributed by atoms with Gasteiger partial charge in [-0.3, -0.25) is 4.79 Å². The summed E-state index contributed by atoms with van der Waals surface area (Å²) in [6, 6.07) is 5.30. The molecule has 3 N–H and O–H groups in total. The topological polar surface area (TPSA) is 72.5 Å². The number of rotatable bonds is 8. The summed E-state index contributed by atoms with van der Waals surface area (Å²) < 4.78 is 5.14. The van der Waals surface area contributed by atoms with E-state index in [1.165, 1.54) is 7.11 Å². The van der Waals surface area contributed by atoms with Gasteiger partial charge in [-0.15, -0.1) is 0 Å². The number of aliphatic carboxylic acids is 1. The van der Waals surface area contributed by atoms with Crippen molar-refractivity contribution < 1.29 is 14.6 Å². The lowest BCUT2D eigenvalue weighted by Gasteiger charge is -2.16. The average Bonchev–Trinajstić information content (AvgIpc) is 2.39. The molecule has 1 aromatic rings. The van der Waals surface area contributed by atoms with Crippen LogP contribution in [0.1, 0.15) is 50.5 Å². The van der Waals surface area contributed by atoms with Crippen molar-refractivity contribution in [1.29, 1.82) is 0 Å². The number of hydrogen-bond acceptors (Lipinski definition) is 3. The molecular formula is C15H23NO3. The van der Waals surface area contributed by atoms with Crippen molar-refractivity contribution in [2.24, 2.45) is 0 Å². The maximum Gasteiger partial charge on any atom is 0.311 e. The Bertz CT molecular complexity index is 418. The van der Waals surface area contributed by atoms with Gasteiger partial charge in [-0.05, 0) is 18.1 Å². The first-order valence-corrected chi connectivity index (χ1v) is 6.77. The van der Waals surface area contributed by atoms with Gasteiger partial charge in [0.1, 0.15) is 5.75 Å². The molecule has 0 radical (unpaired) electrons. The first-order valence-electron chi connectivity index (χ1n) is 6.77. The van der Waals surface area contributed by atoms with E-state index in [-0.39, 0.29) is 0 Å². The molecule has 0 fully saturated rings. The number of carbonyl (C=O) groups is 1. The van der Waals surface area contributed by atoms with Gasteiger partial charge in [0.25, 0.3) is 0 Å². The Kier molecular flexibility index (Phi) is 6.19. The fourth-order valence-electron chi connectivity index (χ4n) is 2.23. The predicted octanol–water partition coefficient (Wildman–Crippen LogP) is 3.42. The smallest absolute Gasteiger partial charge is 0.311 e. The molecule has 0 heterocycles. The molecule has 0 aromatic heterocycles. The minimum absolute atomic E-state index is 0.438. The standard InChI is InChI=1S/C15H23NO3/c1-3-4-5-6-8-12(15(17)18)11-9-7-10-13(19-2)14(11)16/h7,9-10,12H,3-6,8,16H2,1-2H3,(H,17,18). The molecule has 0 aliphatic carbocycles. The van der Waals surface area contributed by atoms with E-state index in [9.17, 15) is 9.90 Å². The number of ether oxygens (including phenoxy) is 1. The quantitative estimate of drug-likeness (QED) is 0.558. The second-order valence-electron chi connectivity index (χ2n) is 4.70. The molecule has 1 unspecified atom stereocenters. The molecule has 0 saturated carbocycles. The van der Waals surface area contributed by atoms with Crippen molar-refractivity contribution in [3.63, 3.8) is 0 Å². The van der Waals surface area contributed by atoms with E-state index < -0.39 is 11.9 Å². The highest BCUT2D eigenvalue weighted by molar-refractivity contribution is 5.79. The fraction of sp³-hybridized carbons (Fsp3) is 0.533. The molecule has 4 nitrogen and oxygen atoms in total. The average molecular weight is 265 g/mol. The van der Waals surface area contributed by atoms with Crippen LogP contribution >= 0.6 is 0 Å². The minimum Gasteiger partial charge on any atom is -0.495 e. The molecule has 1 rings (SSSR count). The molecule has 4 heteroatoms. The lowest BCUT2D eigenvalue weighted by molar-refractivity contribution is -0.139. The normalized spacial score (nSPS) is 12.1. The van der Waals surface area contributed by atoms with E-state index in [1.807, 2.05) is 0 Å². The molecular weight excluding hydrogens is 242 g/mol. The summed E-state index contributed by atoms with van der Waals surface area (Å²) in [5, 5.41) is 9.37. The van der Waals surface area contributed by atoms with Crippen molar-refractivity contribution in [2.75, 3.05) is 12.8 Å². The maximum absolute atomic E-state index is 11.4. The van der Waals surface area contributed by atoms with E-state index >= 15 is 0 Å². The SMILES string of the molecule is CCCCCCC(C(=O)O)c1cccc(OC)c1N. The van der Waals surface area contributed by atoms with E-state index in [1.54, 1.807) is 18.2 Å². The third-order valence-corrected chi connectivity index (χ3v) is 3.34. The molecule has 0 saturated heterocycles. The highest BCUT2D eigenvalue weighted by Gasteiger charge is 2.22. The second-order valence-corrected chi connectivity index (χ2v) is 4.70. The Hall–Kier alpha value is -1.71. The summed E-state index contributed by atoms with van der Waals surface area (Å²) in [6.07, 6.45) is 4.86. The highest BCUT2D eigenvalue weighted by atomic mass is 16.5. The van der Waals surface area contributed by atoms with Crippen LogP contribution in [-0.4, -0.2) is 18.2 Å². The summed E-state index contributed by atoms with van der Waals surface area (Å²) in [5.41, 5.74) is 7.07. The zero-order valence-electron chi connectivity index (χ0n) is 11.7. The van der Waals surface area contributed by atoms with Crippen LogP contribution in [0.15, 0.2) is 18.2 Å². The summed E-state index contributed by atoms with van der Waals surface area (Å²) in [5.74, 6) is -0.833. The number of benzene rings is 1. The largest absolute Gasteiger partial charge is 0.495 e. The lowest BCUT2D eigenvalue weighted by atomic mass is 9.91. The Morgan fingerprint density at radius 1 is 1.37 bits per heavy atom. The summed E-state index contributed by atoms with van der Waals surface area (Å²) in [6.45, 7) is 2.13. The van der Waals surface area contributed by atoms with Gasteiger partial charge >= 0.3 is 5.97 Å². The van der Waals surface area contributed by atoms with Crippen LogP contribution in [0.5, 0.6) is 5.75 Å². The zero-order valence-corrected chi connectivity index (χ0v) is 11.7. The molecule has 0 aliphatic rings. The van der Waals surface area contributed by atoms with Crippen molar-refractivity contribution in [3.8, 4) is 5.75 Å². The number of nitrogen functional groups attached to an aromatic ring is 1. The molecule has 0 bridgehead atoms. The lowest BCUT2D eigenvalue weighted by Crippen LogP contribution is -2.14. The van der Waals surface area contributed by atoms with E-state index in [2.05, 4.69) is 6.92 Å². The Labute approximate surface area is 114 Å². The van der Waals surface area contributed by atoms with Crippen molar-refractivity contribution >= 4 is 11.7 Å². The van der Waals surface area contributed by atoms with Gasteiger partial charge in [-0.1, -0.05) is 44.7 Å². The van der Waals surface area contributed by atoms with Crippen LogP contribution < -0.4 is 10.5 Å². The van der Waals surface area contributed by atoms with Gasteiger partial charge in [-0.25, -0.2) is 0 Å². The number of para-hydroxylation sites is 1. The van der Waals surface area contributed by atoms with E-state index in [4.69, 9.17) is 10.5 Å². The van der Waals surface area contributed by atoms with Crippen LogP contribution in [0.2, 0.25) is 0 Å². The van der Waals surface area contributed by atoms with Gasteiger partial charge in [0.2, 0.25) is 0 Å². The first kappa shape index (κ1) is 15.3. The van der Waals surface area contributed by atoms with Crippen LogP contribution in [0.4, 0.5) is 5.69 Å². The van der Waals surface area contributed by atoms with Crippen molar-refractivity contribution in [1.82, 2.24) is 0 Å². The molecule has 0 aliphatic heterocycles. The van der Waals surface area contributed by atoms with Crippen molar-refractivity contribution in [2.45, 2.75) is 44.9 Å². The second kappa shape index (κ2) is 7.67. The number of carboxylic acids is 1.